The summed E-state index contributed by atoms with van der Waals surface area (Å²) >= 11 is 7.42. The summed E-state index contributed by atoms with van der Waals surface area (Å²) in [5, 5.41) is 13.8. The van der Waals surface area contributed by atoms with Gasteiger partial charge in [0.1, 0.15) is 10.9 Å². The summed E-state index contributed by atoms with van der Waals surface area (Å²) < 4.78 is 0. The van der Waals surface area contributed by atoms with Gasteiger partial charge < -0.3 is 10.4 Å². The van der Waals surface area contributed by atoms with Crippen molar-refractivity contribution in [3.8, 4) is 5.75 Å². The molecule has 2 aromatic rings. The van der Waals surface area contributed by atoms with Gasteiger partial charge >= 0.3 is 0 Å². The fraction of sp³-hybridized carbons (Fsp3) is 0.235. The minimum absolute atomic E-state index is 0.144. The van der Waals surface area contributed by atoms with Crippen molar-refractivity contribution in [3.63, 3.8) is 0 Å². The topological polar surface area (TPSA) is 74.6 Å². The third-order valence-electron chi connectivity index (χ3n) is 3.81. The van der Waals surface area contributed by atoms with Crippen LogP contribution in [-0.2, 0) is 11.2 Å². The van der Waals surface area contributed by atoms with Gasteiger partial charge in [-0.2, -0.15) is 0 Å². The molecule has 0 aliphatic carbocycles. The number of carbonyl (C=O) groups is 1. The second-order valence-corrected chi connectivity index (χ2v) is 6.96. The van der Waals surface area contributed by atoms with Crippen molar-refractivity contribution < 1.29 is 9.90 Å². The van der Waals surface area contributed by atoms with Crippen LogP contribution in [0.25, 0.3) is 0 Å². The highest BCUT2D eigenvalue weighted by molar-refractivity contribution is 8.14. The lowest BCUT2D eigenvalue weighted by atomic mass is 10.1. The van der Waals surface area contributed by atoms with E-state index in [1.54, 1.807) is 25.3 Å². The van der Waals surface area contributed by atoms with Crippen molar-refractivity contribution in [1.82, 2.24) is 4.98 Å². The number of fused-ring (bicyclic) bond motifs is 1. The lowest BCUT2D eigenvalue weighted by molar-refractivity contribution is -0.113. The van der Waals surface area contributed by atoms with Gasteiger partial charge in [0.25, 0.3) is 0 Å². The number of hydrogen-bond donors (Lipinski definition) is 2. The maximum atomic E-state index is 12.1. The molecule has 0 bridgehead atoms. The van der Waals surface area contributed by atoms with Gasteiger partial charge in [-0.15, -0.1) is 11.8 Å². The number of amides is 1. The molecule has 0 atom stereocenters. The zero-order valence-electron chi connectivity index (χ0n) is 13.3. The molecular formula is C17H16ClN3O2S. The second-order valence-electron chi connectivity index (χ2n) is 5.56. The number of nitrogens with zero attached hydrogens (tertiary/aromatic N) is 2. The summed E-state index contributed by atoms with van der Waals surface area (Å²) in [5.74, 6) is 0.271. The van der Waals surface area contributed by atoms with Crippen LogP contribution in [0.2, 0.25) is 5.15 Å². The molecule has 1 aliphatic heterocycles. The Morgan fingerprint density at radius 1 is 1.42 bits per heavy atom. The molecule has 2 heterocycles. The molecule has 124 valence electrons. The van der Waals surface area contributed by atoms with Crippen LogP contribution in [0.1, 0.15) is 16.7 Å². The molecule has 0 saturated heterocycles. The Labute approximate surface area is 149 Å². The Bertz CT molecular complexity index is 852. The number of carbonyl (C=O) groups excluding carboxylic acids is 1. The molecule has 0 unspecified atom stereocenters. The van der Waals surface area contributed by atoms with E-state index in [0.717, 1.165) is 27.4 Å². The fourth-order valence-electron chi connectivity index (χ4n) is 2.37. The smallest absolute Gasteiger partial charge is 0.234 e. The number of halogens is 1. The maximum Gasteiger partial charge on any atom is 0.234 e. The Morgan fingerprint density at radius 2 is 2.21 bits per heavy atom. The number of pyridine rings is 1. The van der Waals surface area contributed by atoms with Crippen LogP contribution in [0.4, 0.5) is 11.4 Å². The van der Waals surface area contributed by atoms with Crippen LogP contribution in [0.15, 0.2) is 29.4 Å². The average Bonchev–Trinajstić information content (AvgIpc) is 2.97. The molecule has 7 heteroatoms. The molecule has 1 amide bonds. The Balaban J connectivity index is 1.58. The lowest BCUT2D eigenvalue weighted by Gasteiger charge is -2.07. The fourth-order valence-corrected chi connectivity index (χ4v) is 3.31. The summed E-state index contributed by atoms with van der Waals surface area (Å²) in [7, 11) is 0. The minimum atomic E-state index is -0.144. The van der Waals surface area contributed by atoms with Crippen LogP contribution in [-0.4, -0.2) is 26.8 Å². The lowest BCUT2D eigenvalue weighted by Crippen LogP contribution is -2.15. The van der Waals surface area contributed by atoms with Gasteiger partial charge in [0.05, 0.1) is 22.7 Å². The number of nitrogens with one attached hydrogen (secondary N) is 1. The number of rotatable bonds is 3. The maximum absolute atomic E-state index is 12.1. The van der Waals surface area contributed by atoms with Crippen molar-refractivity contribution in [2.45, 2.75) is 20.3 Å². The summed E-state index contributed by atoms with van der Waals surface area (Å²) in [6.45, 7) is 3.73. The molecular weight excluding hydrogens is 346 g/mol. The normalized spacial score (nSPS) is 12.7. The van der Waals surface area contributed by atoms with Gasteiger partial charge in [0.2, 0.25) is 5.91 Å². The monoisotopic (exact) mass is 361 g/mol. The zero-order valence-corrected chi connectivity index (χ0v) is 14.8. The quantitative estimate of drug-likeness (QED) is 0.810. The van der Waals surface area contributed by atoms with E-state index >= 15 is 0 Å². The third kappa shape index (κ3) is 3.55. The molecule has 2 N–H and O–H groups in total. The van der Waals surface area contributed by atoms with Gasteiger partial charge in [-0.3, -0.25) is 4.79 Å². The first-order chi connectivity index (χ1) is 11.4. The molecule has 0 spiro atoms. The third-order valence-corrected chi connectivity index (χ3v) is 5.16. The molecule has 3 rings (SSSR count). The molecule has 1 aromatic heterocycles. The number of benzene rings is 1. The van der Waals surface area contributed by atoms with E-state index < -0.39 is 0 Å². The number of aliphatic imine (C=N–C) groups is 1. The van der Waals surface area contributed by atoms with Crippen molar-refractivity contribution in [2.75, 3.05) is 11.1 Å². The van der Waals surface area contributed by atoms with Crippen LogP contribution in [0, 0.1) is 13.8 Å². The number of thioether (sulfide) groups is 1. The van der Waals surface area contributed by atoms with Gasteiger partial charge in [-0.05, 0) is 36.6 Å². The van der Waals surface area contributed by atoms with Crippen LogP contribution in [0.5, 0.6) is 5.75 Å². The average molecular weight is 362 g/mol. The van der Waals surface area contributed by atoms with Crippen molar-refractivity contribution >= 4 is 45.7 Å². The predicted octanol–water partition coefficient (Wildman–Crippen LogP) is 4.02. The van der Waals surface area contributed by atoms with E-state index in [0.29, 0.717) is 17.3 Å². The SMILES string of the molecule is Cc1ccc(NC(=O)CSC2=Nc3cnc(Cl)c(C)c3C2)cc1O. The van der Waals surface area contributed by atoms with Crippen LogP contribution in [0.3, 0.4) is 0 Å². The minimum Gasteiger partial charge on any atom is -0.508 e. The van der Waals surface area contributed by atoms with E-state index in [2.05, 4.69) is 15.3 Å². The number of aromatic nitrogens is 1. The van der Waals surface area contributed by atoms with Crippen molar-refractivity contribution in [1.29, 1.82) is 0 Å². The van der Waals surface area contributed by atoms with E-state index in [9.17, 15) is 9.90 Å². The first kappa shape index (κ1) is 16.8. The molecule has 0 radical (unpaired) electrons. The van der Waals surface area contributed by atoms with Crippen molar-refractivity contribution in [3.05, 3.63) is 46.2 Å². The van der Waals surface area contributed by atoms with Gasteiger partial charge in [0, 0.05) is 18.2 Å². The predicted molar refractivity (Wildman–Crippen MR) is 98.7 cm³/mol. The summed E-state index contributed by atoms with van der Waals surface area (Å²) in [6, 6.07) is 5.06. The molecule has 0 fully saturated rings. The van der Waals surface area contributed by atoms with Crippen LogP contribution >= 0.6 is 23.4 Å². The molecule has 24 heavy (non-hydrogen) atoms. The number of phenolic OH excluding ortho intramolecular Hbond substituents is 1. The van der Waals surface area contributed by atoms with Gasteiger partial charge in [-0.1, -0.05) is 17.7 Å². The van der Waals surface area contributed by atoms with Gasteiger partial charge in [0.15, 0.2) is 0 Å². The first-order valence-electron chi connectivity index (χ1n) is 7.38. The zero-order chi connectivity index (χ0) is 17.3. The highest BCUT2D eigenvalue weighted by atomic mass is 35.5. The summed E-state index contributed by atoms with van der Waals surface area (Å²) in [5.41, 5.74) is 4.17. The van der Waals surface area contributed by atoms with Crippen molar-refractivity contribution in [2.24, 2.45) is 4.99 Å². The number of aryl methyl sites for hydroxylation is 1. The standard InChI is InChI=1S/C17H16ClN3O2S/c1-9-3-4-11(5-14(9)22)20-15(23)8-24-16-6-12-10(2)17(18)19-7-13(12)21-16/h3-5,7,22H,6,8H2,1-2H3,(H,20,23). The Hall–Kier alpha value is -2.05. The highest BCUT2D eigenvalue weighted by Gasteiger charge is 2.20. The molecule has 1 aromatic carbocycles. The summed E-state index contributed by atoms with van der Waals surface area (Å²) in [4.78, 5) is 20.7. The van der Waals surface area contributed by atoms with E-state index in [4.69, 9.17) is 11.6 Å². The van der Waals surface area contributed by atoms with E-state index in [1.165, 1.54) is 17.8 Å². The Morgan fingerprint density at radius 3 is 2.96 bits per heavy atom. The summed E-state index contributed by atoms with van der Waals surface area (Å²) in [6.07, 6.45) is 2.33. The number of phenols is 1. The first-order valence-corrected chi connectivity index (χ1v) is 8.74. The van der Waals surface area contributed by atoms with E-state index in [1.807, 2.05) is 6.92 Å². The molecule has 0 saturated carbocycles. The van der Waals surface area contributed by atoms with Gasteiger partial charge in [-0.25, -0.2) is 9.98 Å². The number of aromatic hydroxyl groups is 1. The molecule has 5 nitrogen and oxygen atoms in total. The Kier molecular flexibility index (Phi) is 4.78. The number of hydrogen-bond acceptors (Lipinski definition) is 5. The largest absolute Gasteiger partial charge is 0.508 e. The van der Waals surface area contributed by atoms with E-state index in [-0.39, 0.29) is 17.4 Å². The highest BCUT2D eigenvalue weighted by Crippen LogP contribution is 2.34. The molecule has 1 aliphatic rings. The van der Waals surface area contributed by atoms with Crippen LogP contribution < -0.4 is 5.32 Å². The number of anilines is 1. The second kappa shape index (κ2) is 6.83.